The zero-order chi connectivity index (χ0) is 15.4. The summed E-state index contributed by atoms with van der Waals surface area (Å²) in [6, 6.07) is 12.3. The van der Waals surface area contributed by atoms with Crippen molar-refractivity contribution in [2.45, 2.75) is 13.8 Å². The van der Waals surface area contributed by atoms with E-state index in [-0.39, 0.29) is 0 Å². The zero-order valence-electron chi connectivity index (χ0n) is 11.7. The first-order valence-electron chi connectivity index (χ1n) is 6.41. The van der Waals surface area contributed by atoms with Gasteiger partial charge < -0.3 is 10.6 Å². The lowest BCUT2D eigenvalue weighted by atomic mass is 10.2. The van der Waals surface area contributed by atoms with Gasteiger partial charge in [-0.2, -0.15) is 0 Å². The van der Waals surface area contributed by atoms with Crippen LogP contribution in [0.25, 0.3) is 0 Å². The topological polar surface area (TPSA) is 58.2 Å². The molecular formula is C16H15ClN2O2. The van der Waals surface area contributed by atoms with Gasteiger partial charge in [-0.15, -0.1) is 0 Å². The number of amides is 2. The summed E-state index contributed by atoms with van der Waals surface area (Å²) in [5.74, 6) is -1.47. The van der Waals surface area contributed by atoms with Gasteiger partial charge in [0.2, 0.25) is 0 Å². The number of nitrogens with one attached hydrogen (secondary N) is 2. The minimum atomic E-state index is -0.740. The van der Waals surface area contributed by atoms with Gasteiger partial charge >= 0.3 is 11.8 Å². The SMILES string of the molecule is Cc1ccc(NC(=O)C(=O)Nc2ccc(C)c(Cl)c2)cc1. The summed E-state index contributed by atoms with van der Waals surface area (Å²) in [6.07, 6.45) is 0. The van der Waals surface area contributed by atoms with E-state index in [1.807, 2.05) is 26.0 Å². The first-order chi connectivity index (χ1) is 9.95. The van der Waals surface area contributed by atoms with Crippen LogP contribution in [-0.4, -0.2) is 11.8 Å². The molecule has 0 bridgehead atoms. The smallest absolute Gasteiger partial charge is 0.314 e. The Morgan fingerprint density at radius 3 is 1.95 bits per heavy atom. The number of hydrogen-bond acceptors (Lipinski definition) is 2. The maximum Gasteiger partial charge on any atom is 0.314 e. The summed E-state index contributed by atoms with van der Waals surface area (Å²) in [5.41, 5.74) is 3.03. The fourth-order valence-corrected chi connectivity index (χ4v) is 1.86. The Kier molecular flexibility index (Phi) is 4.60. The Morgan fingerprint density at radius 2 is 1.38 bits per heavy atom. The number of benzene rings is 2. The maximum absolute atomic E-state index is 11.8. The zero-order valence-corrected chi connectivity index (χ0v) is 12.5. The van der Waals surface area contributed by atoms with E-state index >= 15 is 0 Å². The van der Waals surface area contributed by atoms with Crippen LogP contribution >= 0.6 is 11.6 Å². The Bertz CT molecular complexity index is 681. The quantitative estimate of drug-likeness (QED) is 0.834. The number of anilines is 2. The van der Waals surface area contributed by atoms with Crippen LogP contribution in [0, 0.1) is 13.8 Å². The number of carbonyl (C=O) groups excluding carboxylic acids is 2. The molecule has 4 nitrogen and oxygen atoms in total. The Balaban J connectivity index is 2.00. The summed E-state index contributed by atoms with van der Waals surface area (Å²) < 4.78 is 0. The van der Waals surface area contributed by atoms with Crippen LogP contribution < -0.4 is 10.6 Å². The lowest BCUT2D eigenvalue weighted by Gasteiger charge is -2.08. The van der Waals surface area contributed by atoms with E-state index in [0.717, 1.165) is 11.1 Å². The molecule has 2 amide bonds. The summed E-state index contributed by atoms with van der Waals surface area (Å²) in [7, 11) is 0. The van der Waals surface area contributed by atoms with E-state index in [0.29, 0.717) is 16.4 Å². The molecule has 0 heterocycles. The average molecular weight is 303 g/mol. The summed E-state index contributed by atoms with van der Waals surface area (Å²) >= 11 is 5.97. The first kappa shape index (κ1) is 15.1. The third-order valence-electron chi connectivity index (χ3n) is 2.95. The van der Waals surface area contributed by atoms with Crippen LogP contribution in [-0.2, 0) is 9.59 Å². The molecule has 108 valence electrons. The van der Waals surface area contributed by atoms with E-state index in [9.17, 15) is 9.59 Å². The standard InChI is InChI=1S/C16H15ClN2O2/c1-10-3-6-12(7-4-10)18-15(20)16(21)19-13-8-5-11(2)14(17)9-13/h3-9H,1-2H3,(H,18,20)(H,19,21). The molecular weight excluding hydrogens is 288 g/mol. The summed E-state index contributed by atoms with van der Waals surface area (Å²) in [4.78, 5) is 23.6. The molecule has 0 aliphatic heterocycles. The molecule has 2 aromatic carbocycles. The Hall–Kier alpha value is -2.33. The molecule has 0 aromatic heterocycles. The number of hydrogen-bond donors (Lipinski definition) is 2. The van der Waals surface area contributed by atoms with Gasteiger partial charge in [0, 0.05) is 16.4 Å². The van der Waals surface area contributed by atoms with Crippen molar-refractivity contribution in [2.75, 3.05) is 10.6 Å². The number of aryl methyl sites for hydroxylation is 2. The predicted molar refractivity (Wildman–Crippen MR) is 84.6 cm³/mol. The highest BCUT2D eigenvalue weighted by atomic mass is 35.5. The summed E-state index contributed by atoms with van der Waals surface area (Å²) in [5, 5.41) is 5.57. The van der Waals surface area contributed by atoms with Crippen molar-refractivity contribution < 1.29 is 9.59 Å². The highest BCUT2D eigenvalue weighted by molar-refractivity contribution is 6.43. The molecule has 21 heavy (non-hydrogen) atoms. The first-order valence-corrected chi connectivity index (χ1v) is 6.78. The van der Waals surface area contributed by atoms with Gasteiger partial charge in [0.1, 0.15) is 0 Å². The van der Waals surface area contributed by atoms with Crippen molar-refractivity contribution in [2.24, 2.45) is 0 Å². The van der Waals surface area contributed by atoms with Gasteiger partial charge in [0.05, 0.1) is 0 Å². The van der Waals surface area contributed by atoms with Gasteiger partial charge in [-0.1, -0.05) is 35.4 Å². The van der Waals surface area contributed by atoms with E-state index in [1.165, 1.54) is 0 Å². The monoisotopic (exact) mass is 302 g/mol. The lowest BCUT2D eigenvalue weighted by Crippen LogP contribution is -2.29. The molecule has 0 aliphatic rings. The van der Waals surface area contributed by atoms with Crippen LogP contribution in [0.3, 0.4) is 0 Å². The molecule has 0 aliphatic carbocycles. The van der Waals surface area contributed by atoms with E-state index in [4.69, 9.17) is 11.6 Å². The van der Waals surface area contributed by atoms with Gasteiger partial charge in [-0.25, -0.2) is 0 Å². The normalized spacial score (nSPS) is 10.0. The van der Waals surface area contributed by atoms with Gasteiger partial charge in [-0.05, 0) is 43.7 Å². The maximum atomic E-state index is 11.8. The third kappa shape index (κ3) is 4.07. The van der Waals surface area contributed by atoms with E-state index < -0.39 is 11.8 Å². The highest BCUT2D eigenvalue weighted by Gasteiger charge is 2.14. The van der Waals surface area contributed by atoms with Crippen LogP contribution in [0.2, 0.25) is 5.02 Å². The van der Waals surface area contributed by atoms with Crippen molar-refractivity contribution in [1.29, 1.82) is 0 Å². The van der Waals surface area contributed by atoms with E-state index in [2.05, 4.69) is 10.6 Å². The molecule has 0 saturated carbocycles. The molecule has 0 radical (unpaired) electrons. The van der Waals surface area contributed by atoms with Crippen molar-refractivity contribution >= 4 is 34.8 Å². The molecule has 0 unspecified atom stereocenters. The van der Waals surface area contributed by atoms with Crippen molar-refractivity contribution in [1.82, 2.24) is 0 Å². The molecule has 5 heteroatoms. The van der Waals surface area contributed by atoms with Crippen LogP contribution in [0.1, 0.15) is 11.1 Å². The number of halogens is 1. The largest absolute Gasteiger partial charge is 0.318 e. The fraction of sp³-hybridized carbons (Fsp3) is 0.125. The lowest BCUT2D eigenvalue weighted by molar-refractivity contribution is -0.132. The van der Waals surface area contributed by atoms with Crippen molar-refractivity contribution in [3.05, 3.63) is 58.6 Å². The van der Waals surface area contributed by atoms with Gasteiger partial charge in [-0.3, -0.25) is 9.59 Å². The third-order valence-corrected chi connectivity index (χ3v) is 3.35. The minimum absolute atomic E-state index is 0.481. The Labute approximate surface area is 128 Å². The van der Waals surface area contributed by atoms with Crippen LogP contribution in [0.5, 0.6) is 0 Å². The highest BCUT2D eigenvalue weighted by Crippen LogP contribution is 2.20. The second kappa shape index (κ2) is 6.41. The molecule has 2 aromatic rings. The predicted octanol–water partition coefficient (Wildman–Crippen LogP) is 3.53. The number of carbonyl (C=O) groups is 2. The summed E-state index contributed by atoms with van der Waals surface area (Å²) in [6.45, 7) is 3.80. The van der Waals surface area contributed by atoms with Gasteiger partial charge in [0.25, 0.3) is 0 Å². The van der Waals surface area contributed by atoms with Crippen LogP contribution in [0.4, 0.5) is 11.4 Å². The van der Waals surface area contributed by atoms with Crippen molar-refractivity contribution in [3.63, 3.8) is 0 Å². The second-order valence-corrected chi connectivity index (χ2v) is 5.15. The molecule has 0 fully saturated rings. The molecule has 0 atom stereocenters. The molecule has 2 N–H and O–H groups in total. The van der Waals surface area contributed by atoms with Crippen molar-refractivity contribution in [3.8, 4) is 0 Å². The molecule has 0 spiro atoms. The second-order valence-electron chi connectivity index (χ2n) is 4.74. The van der Waals surface area contributed by atoms with Gasteiger partial charge in [0.15, 0.2) is 0 Å². The molecule has 2 rings (SSSR count). The number of rotatable bonds is 2. The minimum Gasteiger partial charge on any atom is -0.318 e. The molecule has 0 saturated heterocycles. The van der Waals surface area contributed by atoms with E-state index in [1.54, 1.807) is 30.3 Å². The Morgan fingerprint density at radius 1 is 0.857 bits per heavy atom. The fourth-order valence-electron chi connectivity index (χ4n) is 1.68. The van der Waals surface area contributed by atoms with Crippen LogP contribution in [0.15, 0.2) is 42.5 Å². The average Bonchev–Trinajstić information content (AvgIpc) is 2.45.